The van der Waals surface area contributed by atoms with E-state index in [9.17, 15) is 9.59 Å². The highest BCUT2D eigenvalue weighted by Crippen LogP contribution is 2.35. The summed E-state index contributed by atoms with van der Waals surface area (Å²) in [6.45, 7) is 4.70. The van der Waals surface area contributed by atoms with Crippen molar-refractivity contribution in [2.24, 2.45) is 17.8 Å². The Morgan fingerprint density at radius 1 is 1.19 bits per heavy atom. The van der Waals surface area contributed by atoms with E-state index >= 15 is 0 Å². The molecule has 0 spiro atoms. The topological polar surface area (TPSA) is 137 Å². The first-order valence-corrected chi connectivity index (χ1v) is 9.07. The van der Waals surface area contributed by atoms with E-state index in [0.717, 1.165) is 12.8 Å². The van der Waals surface area contributed by atoms with Gasteiger partial charge in [-0.25, -0.2) is 0 Å². The molecule has 0 radical (unpaired) electrons. The zero-order valence-corrected chi connectivity index (χ0v) is 15.2. The lowest BCUT2D eigenvalue weighted by Gasteiger charge is -2.39. The van der Waals surface area contributed by atoms with Crippen LogP contribution >= 0.6 is 0 Å². The van der Waals surface area contributed by atoms with Gasteiger partial charge in [0.15, 0.2) is 12.4 Å². The van der Waals surface area contributed by atoms with E-state index in [2.05, 4.69) is 28.8 Å². The number of hydrogen-bond donors (Lipinski definition) is 2. The molecule has 0 unspecified atom stereocenters. The number of nitrogens with two attached hydrogens (primary N) is 2. The maximum absolute atomic E-state index is 12.5. The minimum absolute atomic E-state index is 0.0221. The molecular weight excluding hydrogens is 336 g/mol. The molecule has 1 aliphatic carbocycles. The molecule has 2 aliphatic rings. The fourth-order valence-corrected chi connectivity index (χ4v) is 3.98. The Labute approximate surface area is 152 Å². The number of rotatable bonds is 4. The Morgan fingerprint density at radius 3 is 2.58 bits per heavy atom. The van der Waals surface area contributed by atoms with Crippen LogP contribution < -0.4 is 11.5 Å². The van der Waals surface area contributed by atoms with Gasteiger partial charge in [-0.15, -0.1) is 0 Å². The molecule has 1 saturated carbocycles. The molecule has 4 atom stereocenters. The Kier molecular flexibility index (Phi) is 5.24. The van der Waals surface area contributed by atoms with Crippen LogP contribution in [0.4, 0.5) is 11.9 Å². The highest BCUT2D eigenvalue weighted by atomic mass is 16.5. The smallest absolute Gasteiger partial charge is 0.311 e. The normalized spacial score (nSPS) is 29.0. The minimum atomic E-state index is -0.455. The van der Waals surface area contributed by atoms with E-state index in [1.807, 2.05) is 4.90 Å². The molecule has 142 valence electrons. The van der Waals surface area contributed by atoms with E-state index in [-0.39, 0.29) is 42.7 Å². The van der Waals surface area contributed by atoms with E-state index in [4.69, 9.17) is 16.2 Å². The molecule has 9 heteroatoms. The lowest BCUT2D eigenvalue weighted by Crippen LogP contribution is -2.45. The number of likely N-dealkylation sites (tertiary alicyclic amines) is 1. The highest BCUT2D eigenvalue weighted by molar-refractivity contribution is 5.87. The van der Waals surface area contributed by atoms with Crippen molar-refractivity contribution in [1.82, 2.24) is 19.9 Å². The molecule has 0 bridgehead atoms. The van der Waals surface area contributed by atoms with Crippen LogP contribution in [-0.2, 0) is 20.9 Å². The van der Waals surface area contributed by atoms with Gasteiger partial charge in [0.25, 0.3) is 0 Å². The molecule has 9 nitrogen and oxygen atoms in total. The molecule has 3 rings (SSSR count). The van der Waals surface area contributed by atoms with Crippen molar-refractivity contribution in [3.63, 3.8) is 0 Å². The summed E-state index contributed by atoms with van der Waals surface area (Å²) in [5.74, 6) is 0.340. The van der Waals surface area contributed by atoms with Crippen LogP contribution in [0.3, 0.4) is 0 Å². The van der Waals surface area contributed by atoms with Crippen molar-refractivity contribution < 1.29 is 14.3 Å². The van der Waals surface area contributed by atoms with Crippen molar-refractivity contribution >= 4 is 23.8 Å². The summed E-state index contributed by atoms with van der Waals surface area (Å²) in [6.07, 6.45) is 3.51. The van der Waals surface area contributed by atoms with Gasteiger partial charge in [0.1, 0.15) is 0 Å². The van der Waals surface area contributed by atoms with Gasteiger partial charge in [0.05, 0.1) is 5.92 Å². The van der Waals surface area contributed by atoms with Crippen molar-refractivity contribution in [3.8, 4) is 0 Å². The van der Waals surface area contributed by atoms with Crippen LogP contribution in [0.2, 0.25) is 0 Å². The number of aromatic nitrogens is 3. The third-order valence-electron chi connectivity index (χ3n) is 5.62. The molecule has 1 aromatic rings. The highest BCUT2D eigenvalue weighted by Gasteiger charge is 2.42. The molecule has 26 heavy (non-hydrogen) atoms. The summed E-state index contributed by atoms with van der Waals surface area (Å²) in [5.41, 5.74) is 11.0. The zero-order valence-electron chi connectivity index (χ0n) is 15.2. The van der Waals surface area contributed by atoms with Crippen molar-refractivity contribution in [2.75, 3.05) is 18.0 Å². The molecule has 2 heterocycles. The van der Waals surface area contributed by atoms with Crippen LogP contribution in [0.5, 0.6) is 0 Å². The largest absolute Gasteiger partial charge is 0.457 e. The van der Waals surface area contributed by atoms with Crippen molar-refractivity contribution in [3.05, 3.63) is 5.82 Å². The molecule has 1 aliphatic heterocycles. The van der Waals surface area contributed by atoms with Crippen LogP contribution in [-0.4, -0.2) is 44.3 Å². The van der Waals surface area contributed by atoms with Gasteiger partial charge in [-0.2, -0.15) is 15.0 Å². The monoisotopic (exact) mass is 362 g/mol. The Balaban J connectivity index is 1.58. The Hall–Kier alpha value is -2.45. The van der Waals surface area contributed by atoms with E-state index < -0.39 is 11.9 Å². The predicted molar refractivity (Wildman–Crippen MR) is 94.2 cm³/mol. The van der Waals surface area contributed by atoms with Gasteiger partial charge in [0.2, 0.25) is 17.8 Å². The molecule has 1 aromatic heterocycles. The average Bonchev–Trinajstić information content (AvgIpc) is 2.96. The SMILES string of the molecule is C[C@H]1[C@H](N2C[C@H](C(=O)OCc3nc(N)nc(N)n3)CC2=O)CCC[C@@H]1C. The quantitative estimate of drug-likeness (QED) is 0.749. The van der Waals surface area contributed by atoms with Crippen LogP contribution in [0.1, 0.15) is 45.4 Å². The van der Waals surface area contributed by atoms with Crippen LogP contribution in [0, 0.1) is 17.8 Å². The number of nitrogen functional groups attached to an aromatic ring is 2. The summed E-state index contributed by atoms with van der Waals surface area (Å²) in [5, 5.41) is 0. The number of carbonyl (C=O) groups excluding carboxylic acids is 2. The Bertz CT molecular complexity index is 677. The zero-order chi connectivity index (χ0) is 18.8. The summed E-state index contributed by atoms with van der Waals surface area (Å²) in [4.78, 5) is 38.1. The van der Waals surface area contributed by atoms with E-state index in [1.165, 1.54) is 6.42 Å². The first kappa shape index (κ1) is 18.3. The second kappa shape index (κ2) is 7.43. The summed E-state index contributed by atoms with van der Waals surface area (Å²) < 4.78 is 5.27. The van der Waals surface area contributed by atoms with E-state index in [1.54, 1.807) is 0 Å². The molecule has 4 N–H and O–H groups in total. The first-order valence-electron chi connectivity index (χ1n) is 9.07. The second-order valence-corrected chi connectivity index (χ2v) is 7.36. The molecule has 1 saturated heterocycles. The van der Waals surface area contributed by atoms with Gasteiger partial charge < -0.3 is 21.1 Å². The van der Waals surface area contributed by atoms with Crippen molar-refractivity contribution in [1.29, 1.82) is 0 Å². The fraction of sp³-hybridized carbons (Fsp3) is 0.706. The summed E-state index contributed by atoms with van der Waals surface area (Å²) in [7, 11) is 0. The molecule has 2 fully saturated rings. The second-order valence-electron chi connectivity index (χ2n) is 7.36. The Morgan fingerprint density at radius 2 is 1.88 bits per heavy atom. The van der Waals surface area contributed by atoms with Gasteiger partial charge in [0, 0.05) is 19.0 Å². The number of anilines is 2. The average molecular weight is 362 g/mol. The lowest BCUT2D eigenvalue weighted by molar-refractivity contribution is -0.150. The first-order chi connectivity index (χ1) is 12.3. The van der Waals surface area contributed by atoms with Crippen molar-refractivity contribution in [2.45, 2.75) is 52.2 Å². The standard InChI is InChI=1S/C17H26N6O3/c1-9-4-3-5-12(10(9)2)23-7-11(6-14(23)24)15(25)26-8-13-20-16(18)22-17(19)21-13/h9-12H,3-8H2,1-2H3,(H4,18,19,20,21,22)/t9-,10+,11+,12+/m0/s1. The molecule has 1 amide bonds. The van der Waals surface area contributed by atoms with Gasteiger partial charge in [-0.1, -0.05) is 26.7 Å². The predicted octanol–water partition coefficient (Wildman–Crippen LogP) is 0.752. The third kappa shape index (κ3) is 3.86. The van der Waals surface area contributed by atoms with Gasteiger partial charge in [-0.05, 0) is 18.3 Å². The summed E-state index contributed by atoms with van der Waals surface area (Å²) >= 11 is 0. The minimum Gasteiger partial charge on any atom is -0.457 e. The molecule has 0 aromatic carbocycles. The number of nitrogens with zero attached hydrogens (tertiary/aromatic N) is 4. The van der Waals surface area contributed by atoms with Gasteiger partial charge in [-0.3, -0.25) is 9.59 Å². The number of esters is 1. The van der Waals surface area contributed by atoms with Gasteiger partial charge >= 0.3 is 5.97 Å². The van der Waals surface area contributed by atoms with E-state index in [0.29, 0.717) is 18.4 Å². The third-order valence-corrected chi connectivity index (χ3v) is 5.62. The number of amides is 1. The fourth-order valence-electron chi connectivity index (χ4n) is 3.98. The number of carbonyl (C=O) groups is 2. The number of ether oxygens (including phenoxy) is 1. The van der Waals surface area contributed by atoms with Crippen LogP contribution in [0.25, 0.3) is 0 Å². The van der Waals surface area contributed by atoms with Crippen LogP contribution in [0.15, 0.2) is 0 Å². The summed E-state index contributed by atoms with van der Waals surface area (Å²) in [6, 6.07) is 0.215. The lowest BCUT2D eigenvalue weighted by atomic mass is 9.77. The maximum Gasteiger partial charge on any atom is 0.311 e. The number of hydrogen-bond acceptors (Lipinski definition) is 8. The maximum atomic E-state index is 12.5. The molecular formula is C17H26N6O3.